The number of hydrogen-bond donors (Lipinski definition) is 0. The Morgan fingerprint density at radius 3 is 2.69 bits per heavy atom. The van der Waals surface area contributed by atoms with Gasteiger partial charge >= 0.3 is 5.22 Å². The van der Waals surface area contributed by atoms with Crippen LogP contribution in [0.5, 0.6) is 0 Å². The molecule has 6 heteroatoms. The monoisotopic (exact) mass is 241 g/mol. The zero-order valence-electron chi connectivity index (χ0n) is 8.34. The average Bonchev–Trinajstić information content (AvgIpc) is 2.65. The molecule has 2 aromatic rings. The zero-order valence-corrected chi connectivity index (χ0v) is 9.16. The Kier molecular flexibility index (Phi) is 2.51. The third kappa shape index (κ3) is 2.11. The second-order valence-electron chi connectivity index (χ2n) is 3.27. The highest BCUT2D eigenvalue weighted by Crippen LogP contribution is 2.22. The van der Waals surface area contributed by atoms with Gasteiger partial charge in [0.2, 0.25) is 9.84 Å². The van der Waals surface area contributed by atoms with E-state index in [1.54, 1.807) is 6.07 Å². The van der Waals surface area contributed by atoms with Gasteiger partial charge in [-0.3, -0.25) is 0 Å². The van der Waals surface area contributed by atoms with Crippen LogP contribution in [0.1, 0.15) is 0 Å². The van der Waals surface area contributed by atoms with Crippen LogP contribution in [0.4, 0.5) is 4.39 Å². The van der Waals surface area contributed by atoms with Crippen LogP contribution in [0.25, 0.3) is 11.3 Å². The van der Waals surface area contributed by atoms with E-state index >= 15 is 0 Å². The van der Waals surface area contributed by atoms with Crippen molar-refractivity contribution < 1.29 is 17.2 Å². The second kappa shape index (κ2) is 3.71. The van der Waals surface area contributed by atoms with Gasteiger partial charge in [0, 0.05) is 11.8 Å². The molecule has 2 rings (SSSR count). The van der Waals surface area contributed by atoms with Gasteiger partial charge in [-0.1, -0.05) is 12.1 Å². The molecule has 0 bridgehead atoms. The number of oxazole rings is 1. The lowest BCUT2D eigenvalue weighted by molar-refractivity contribution is 0.442. The number of aromatic nitrogens is 1. The van der Waals surface area contributed by atoms with Crippen molar-refractivity contribution in [1.29, 1.82) is 0 Å². The predicted octanol–water partition coefficient (Wildman–Crippen LogP) is 1.88. The summed E-state index contributed by atoms with van der Waals surface area (Å²) in [4.78, 5) is 3.62. The molecule has 0 N–H and O–H groups in total. The van der Waals surface area contributed by atoms with Crippen LogP contribution < -0.4 is 0 Å². The maximum atomic E-state index is 12.9. The van der Waals surface area contributed by atoms with E-state index in [2.05, 4.69) is 4.98 Å². The van der Waals surface area contributed by atoms with Crippen LogP contribution in [0.15, 0.2) is 40.1 Å². The van der Waals surface area contributed by atoms with Crippen molar-refractivity contribution in [1.82, 2.24) is 4.98 Å². The van der Waals surface area contributed by atoms with Crippen LogP contribution >= 0.6 is 0 Å². The summed E-state index contributed by atoms with van der Waals surface area (Å²) < 4.78 is 40.2. The van der Waals surface area contributed by atoms with Crippen LogP contribution in [-0.2, 0) is 9.84 Å². The molecule has 16 heavy (non-hydrogen) atoms. The summed E-state index contributed by atoms with van der Waals surface area (Å²) in [7, 11) is -3.47. The molecule has 0 aliphatic carbocycles. The molecule has 0 aliphatic rings. The Bertz CT molecular complexity index is 618. The number of sulfone groups is 1. The van der Waals surface area contributed by atoms with Gasteiger partial charge in [0.15, 0.2) is 5.76 Å². The highest BCUT2D eigenvalue weighted by Gasteiger charge is 2.15. The van der Waals surface area contributed by atoms with Crippen molar-refractivity contribution in [2.75, 3.05) is 6.26 Å². The van der Waals surface area contributed by atoms with Gasteiger partial charge in [-0.05, 0) is 12.1 Å². The highest BCUT2D eigenvalue weighted by atomic mass is 32.2. The quantitative estimate of drug-likeness (QED) is 0.805. The lowest BCUT2D eigenvalue weighted by atomic mass is 10.2. The van der Waals surface area contributed by atoms with Crippen molar-refractivity contribution in [2.45, 2.75) is 5.22 Å². The summed E-state index contributed by atoms with van der Waals surface area (Å²) in [5, 5.41) is -0.369. The molecule has 0 atom stereocenters. The predicted molar refractivity (Wildman–Crippen MR) is 55.0 cm³/mol. The molecule has 0 aliphatic heterocycles. The van der Waals surface area contributed by atoms with E-state index in [1.165, 1.54) is 24.4 Å². The van der Waals surface area contributed by atoms with Crippen LogP contribution in [0, 0.1) is 5.82 Å². The van der Waals surface area contributed by atoms with Crippen LogP contribution in [0.2, 0.25) is 0 Å². The molecule has 4 nitrogen and oxygen atoms in total. The van der Waals surface area contributed by atoms with Gasteiger partial charge < -0.3 is 4.42 Å². The van der Waals surface area contributed by atoms with Gasteiger partial charge in [0.1, 0.15) is 5.82 Å². The van der Waals surface area contributed by atoms with E-state index in [9.17, 15) is 12.8 Å². The first kappa shape index (κ1) is 10.8. The Labute approximate surface area is 91.7 Å². The van der Waals surface area contributed by atoms with Gasteiger partial charge in [-0.15, -0.1) is 0 Å². The second-order valence-corrected chi connectivity index (χ2v) is 5.17. The maximum absolute atomic E-state index is 12.9. The average molecular weight is 241 g/mol. The van der Waals surface area contributed by atoms with Crippen LogP contribution in [0.3, 0.4) is 0 Å². The van der Waals surface area contributed by atoms with E-state index in [0.29, 0.717) is 5.56 Å². The number of hydrogen-bond acceptors (Lipinski definition) is 4. The molecule has 0 saturated heterocycles. The summed E-state index contributed by atoms with van der Waals surface area (Å²) in [6, 6.07) is 5.65. The minimum absolute atomic E-state index is 0.222. The first-order valence-corrected chi connectivity index (χ1v) is 6.28. The highest BCUT2D eigenvalue weighted by molar-refractivity contribution is 7.90. The van der Waals surface area contributed by atoms with E-state index in [1.807, 2.05) is 0 Å². The fourth-order valence-corrected chi connectivity index (χ4v) is 1.69. The molecule has 1 heterocycles. The van der Waals surface area contributed by atoms with Crippen molar-refractivity contribution in [3.8, 4) is 11.3 Å². The van der Waals surface area contributed by atoms with E-state index in [0.717, 1.165) is 6.26 Å². The smallest absolute Gasteiger partial charge is 0.315 e. The minimum Gasteiger partial charge on any atom is -0.428 e. The normalized spacial score (nSPS) is 11.6. The summed E-state index contributed by atoms with van der Waals surface area (Å²) >= 11 is 0. The lowest BCUT2D eigenvalue weighted by Crippen LogP contribution is -1.95. The Hall–Kier alpha value is -1.69. The van der Waals surface area contributed by atoms with Crippen molar-refractivity contribution in [3.05, 3.63) is 36.3 Å². The molecule has 0 saturated carbocycles. The molecule has 0 radical (unpaired) electrons. The van der Waals surface area contributed by atoms with Gasteiger partial charge in [0.05, 0.1) is 6.20 Å². The Morgan fingerprint density at radius 2 is 2.12 bits per heavy atom. The number of nitrogens with zero attached hydrogens (tertiary/aromatic N) is 1. The number of halogens is 1. The lowest BCUT2D eigenvalue weighted by Gasteiger charge is -1.95. The van der Waals surface area contributed by atoms with E-state index < -0.39 is 15.7 Å². The van der Waals surface area contributed by atoms with E-state index in [4.69, 9.17) is 4.42 Å². The number of benzene rings is 1. The molecular formula is C10H8FNO3S. The molecular weight excluding hydrogens is 233 g/mol. The largest absolute Gasteiger partial charge is 0.428 e. The zero-order chi connectivity index (χ0) is 11.8. The standard InChI is InChI=1S/C10H8FNO3S/c1-16(13,14)10-12-6-9(15-10)7-3-2-4-8(11)5-7/h2-6H,1H3. The number of rotatable bonds is 2. The van der Waals surface area contributed by atoms with Crippen molar-refractivity contribution in [3.63, 3.8) is 0 Å². The third-order valence-corrected chi connectivity index (χ3v) is 2.73. The van der Waals surface area contributed by atoms with Gasteiger partial charge in [0.25, 0.3) is 0 Å². The molecule has 0 unspecified atom stereocenters. The van der Waals surface area contributed by atoms with E-state index in [-0.39, 0.29) is 11.0 Å². The fourth-order valence-electron chi connectivity index (χ4n) is 1.20. The summed E-state index contributed by atoms with van der Waals surface area (Å²) in [5.74, 6) is -0.199. The van der Waals surface area contributed by atoms with Crippen molar-refractivity contribution >= 4 is 9.84 Å². The first-order chi connectivity index (χ1) is 7.47. The molecule has 1 aromatic carbocycles. The summed E-state index contributed by atoms with van der Waals surface area (Å²) in [6.45, 7) is 0. The van der Waals surface area contributed by atoms with Gasteiger partial charge in [-0.25, -0.2) is 17.8 Å². The Morgan fingerprint density at radius 1 is 1.38 bits per heavy atom. The molecule has 0 amide bonds. The molecule has 84 valence electrons. The molecule has 0 fully saturated rings. The summed E-state index contributed by atoms with van der Waals surface area (Å²) in [6.07, 6.45) is 2.25. The molecule has 1 aromatic heterocycles. The summed E-state index contributed by atoms with van der Waals surface area (Å²) in [5.41, 5.74) is 0.447. The topological polar surface area (TPSA) is 60.2 Å². The van der Waals surface area contributed by atoms with Gasteiger partial charge in [-0.2, -0.15) is 0 Å². The fraction of sp³-hybridized carbons (Fsp3) is 0.100. The third-order valence-electron chi connectivity index (χ3n) is 1.91. The first-order valence-electron chi connectivity index (χ1n) is 4.38. The van der Waals surface area contributed by atoms with Crippen molar-refractivity contribution in [2.24, 2.45) is 0 Å². The SMILES string of the molecule is CS(=O)(=O)c1ncc(-c2cccc(F)c2)o1. The minimum atomic E-state index is -3.47. The maximum Gasteiger partial charge on any atom is 0.315 e. The Balaban J connectivity index is 2.47. The molecule has 0 spiro atoms. The van der Waals surface area contributed by atoms with Crippen LogP contribution in [-0.4, -0.2) is 19.7 Å².